The molecule has 0 saturated carbocycles. The largest absolute Gasteiger partial charge is 0.399 e. The van der Waals surface area contributed by atoms with E-state index in [0.717, 1.165) is 16.5 Å². The van der Waals surface area contributed by atoms with Gasteiger partial charge in [0.2, 0.25) is 10.0 Å². The molecule has 1 heterocycles. The van der Waals surface area contributed by atoms with Crippen molar-refractivity contribution in [3.63, 3.8) is 0 Å². The second kappa shape index (κ2) is 5.51. The summed E-state index contributed by atoms with van der Waals surface area (Å²) in [5, 5.41) is 1.89. The van der Waals surface area contributed by atoms with Crippen LogP contribution in [-0.4, -0.2) is 8.42 Å². The predicted octanol–water partition coefficient (Wildman–Crippen LogP) is 2.56. The Morgan fingerprint density at radius 3 is 2.65 bits per heavy atom. The summed E-state index contributed by atoms with van der Waals surface area (Å²) in [7, 11) is -3.79. The Labute approximate surface area is 121 Å². The van der Waals surface area contributed by atoms with Crippen molar-refractivity contribution in [2.24, 2.45) is 0 Å². The minimum atomic E-state index is -3.79. The van der Waals surface area contributed by atoms with Gasteiger partial charge in [0.1, 0.15) is 5.82 Å². The molecule has 108 valence electrons. The van der Waals surface area contributed by atoms with E-state index in [2.05, 4.69) is 4.72 Å². The van der Waals surface area contributed by atoms with E-state index in [4.69, 9.17) is 5.73 Å². The minimum Gasteiger partial charge on any atom is -0.399 e. The molecule has 0 fully saturated rings. The van der Waals surface area contributed by atoms with E-state index < -0.39 is 15.8 Å². The van der Waals surface area contributed by atoms with Gasteiger partial charge >= 0.3 is 0 Å². The summed E-state index contributed by atoms with van der Waals surface area (Å²) >= 11 is 1.47. The highest BCUT2D eigenvalue weighted by Crippen LogP contribution is 2.22. The Hall–Kier alpha value is -1.44. The number of nitrogen functional groups attached to an aromatic ring is 1. The number of hydrogen-bond donors (Lipinski definition) is 2. The maximum absolute atomic E-state index is 13.6. The second-order valence-corrected chi connectivity index (χ2v) is 7.21. The van der Waals surface area contributed by atoms with Crippen LogP contribution in [0.25, 0.3) is 0 Å². The van der Waals surface area contributed by atoms with Crippen molar-refractivity contribution in [3.8, 4) is 0 Å². The lowest BCUT2D eigenvalue weighted by Crippen LogP contribution is -2.24. The van der Waals surface area contributed by atoms with Gasteiger partial charge in [-0.3, -0.25) is 0 Å². The number of halogens is 1. The molecule has 2 rings (SSSR count). The first kappa shape index (κ1) is 15.0. The van der Waals surface area contributed by atoms with Crippen LogP contribution in [0, 0.1) is 19.7 Å². The fraction of sp³-hybridized carbons (Fsp3) is 0.231. The van der Waals surface area contributed by atoms with Crippen molar-refractivity contribution in [2.75, 3.05) is 5.73 Å². The molecule has 0 radical (unpaired) electrons. The first-order valence-corrected chi connectivity index (χ1v) is 8.26. The Kier molecular flexibility index (Phi) is 4.12. The summed E-state index contributed by atoms with van der Waals surface area (Å²) in [5.74, 6) is -0.627. The third-order valence-electron chi connectivity index (χ3n) is 3.00. The number of rotatable bonds is 4. The number of hydrogen-bond acceptors (Lipinski definition) is 4. The number of nitrogens with one attached hydrogen (secondary N) is 1. The van der Waals surface area contributed by atoms with E-state index in [9.17, 15) is 12.8 Å². The quantitative estimate of drug-likeness (QED) is 0.852. The van der Waals surface area contributed by atoms with Crippen LogP contribution < -0.4 is 10.5 Å². The minimum absolute atomic E-state index is 0.0644. The zero-order chi connectivity index (χ0) is 14.9. The van der Waals surface area contributed by atoms with Crippen LogP contribution in [0.1, 0.15) is 16.0 Å². The normalized spacial score (nSPS) is 11.8. The van der Waals surface area contributed by atoms with Crippen molar-refractivity contribution in [2.45, 2.75) is 25.3 Å². The Morgan fingerprint density at radius 2 is 2.05 bits per heavy atom. The van der Waals surface area contributed by atoms with Gasteiger partial charge < -0.3 is 5.73 Å². The third-order valence-corrected chi connectivity index (χ3v) is 5.55. The number of sulfonamides is 1. The summed E-state index contributed by atoms with van der Waals surface area (Å²) in [4.78, 5) is 0.805. The van der Waals surface area contributed by atoms with Gasteiger partial charge in [-0.15, -0.1) is 11.3 Å². The molecule has 7 heteroatoms. The topological polar surface area (TPSA) is 72.2 Å². The summed E-state index contributed by atoms with van der Waals surface area (Å²) in [6.07, 6.45) is 0. The van der Waals surface area contributed by atoms with Gasteiger partial charge in [0.05, 0.1) is 4.90 Å². The fourth-order valence-corrected chi connectivity index (χ4v) is 4.00. The standard InChI is InChI=1S/C13H15FN2O2S2/c1-8-3-4-19-12(8)7-16-20(17,18)13-6-10(15)5-11(14)9(13)2/h3-6,16H,7,15H2,1-2H3. The highest BCUT2D eigenvalue weighted by Gasteiger charge is 2.20. The highest BCUT2D eigenvalue weighted by atomic mass is 32.2. The molecule has 0 saturated heterocycles. The number of benzene rings is 1. The third kappa shape index (κ3) is 3.00. The van der Waals surface area contributed by atoms with Crippen molar-refractivity contribution >= 4 is 27.0 Å². The van der Waals surface area contributed by atoms with Crippen LogP contribution in [0.4, 0.5) is 10.1 Å². The van der Waals surface area contributed by atoms with Crippen LogP contribution in [0.2, 0.25) is 0 Å². The van der Waals surface area contributed by atoms with Crippen LogP contribution in [0.15, 0.2) is 28.5 Å². The average Bonchev–Trinajstić information content (AvgIpc) is 2.77. The maximum Gasteiger partial charge on any atom is 0.241 e. The van der Waals surface area contributed by atoms with E-state index in [1.165, 1.54) is 24.3 Å². The molecule has 0 unspecified atom stereocenters. The molecule has 0 atom stereocenters. The molecule has 0 spiro atoms. The number of aryl methyl sites for hydroxylation is 1. The Bertz CT molecular complexity index is 739. The Balaban J connectivity index is 2.29. The summed E-state index contributed by atoms with van der Waals surface area (Å²) in [5.41, 5.74) is 6.68. The van der Waals surface area contributed by atoms with Crippen molar-refractivity contribution < 1.29 is 12.8 Å². The van der Waals surface area contributed by atoms with E-state index >= 15 is 0 Å². The smallest absolute Gasteiger partial charge is 0.241 e. The highest BCUT2D eigenvalue weighted by molar-refractivity contribution is 7.89. The Morgan fingerprint density at radius 1 is 1.35 bits per heavy atom. The fourth-order valence-electron chi connectivity index (χ4n) is 1.78. The van der Waals surface area contributed by atoms with Crippen LogP contribution >= 0.6 is 11.3 Å². The SMILES string of the molecule is Cc1ccsc1CNS(=O)(=O)c1cc(N)cc(F)c1C. The summed E-state index contributed by atoms with van der Waals surface area (Å²) < 4.78 is 40.5. The molecule has 0 aliphatic rings. The van der Waals surface area contributed by atoms with Crippen LogP contribution in [0.3, 0.4) is 0 Å². The van der Waals surface area contributed by atoms with E-state index in [0.29, 0.717) is 0 Å². The zero-order valence-corrected chi connectivity index (χ0v) is 12.7. The average molecular weight is 314 g/mol. The number of thiophene rings is 1. The molecule has 2 aromatic rings. The molecule has 0 bridgehead atoms. The van der Waals surface area contributed by atoms with Gasteiger partial charge in [-0.05, 0) is 43.0 Å². The molecular formula is C13H15FN2O2S2. The number of nitrogens with two attached hydrogens (primary N) is 1. The first-order valence-electron chi connectivity index (χ1n) is 5.89. The lowest BCUT2D eigenvalue weighted by molar-refractivity contribution is 0.575. The molecule has 4 nitrogen and oxygen atoms in total. The van der Waals surface area contributed by atoms with Gasteiger partial charge in [-0.1, -0.05) is 0 Å². The molecule has 1 aromatic heterocycles. The maximum atomic E-state index is 13.6. The first-order chi connectivity index (χ1) is 9.31. The monoisotopic (exact) mass is 314 g/mol. The molecule has 0 aliphatic heterocycles. The molecule has 0 aliphatic carbocycles. The van der Waals surface area contributed by atoms with Crippen molar-refractivity contribution in [3.05, 3.63) is 45.4 Å². The molecular weight excluding hydrogens is 299 g/mol. The lowest BCUT2D eigenvalue weighted by Gasteiger charge is -2.10. The van der Waals surface area contributed by atoms with Crippen LogP contribution in [-0.2, 0) is 16.6 Å². The van der Waals surface area contributed by atoms with Crippen molar-refractivity contribution in [1.82, 2.24) is 4.72 Å². The van der Waals surface area contributed by atoms with Gasteiger partial charge in [-0.2, -0.15) is 0 Å². The summed E-state index contributed by atoms with van der Waals surface area (Å²) in [6.45, 7) is 3.51. The number of anilines is 1. The molecule has 3 N–H and O–H groups in total. The molecule has 20 heavy (non-hydrogen) atoms. The van der Waals surface area contributed by atoms with Gasteiger partial charge in [0.25, 0.3) is 0 Å². The second-order valence-electron chi connectivity index (χ2n) is 4.48. The summed E-state index contributed by atoms with van der Waals surface area (Å²) in [6, 6.07) is 4.29. The van der Waals surface area contributed by atoms with Gasteiger partial charge in [-0.25, -0.2) is 17.5 Å². The lowest BCUT2D eigenvalue weighted by atomic mass is 10.2. The van der Waals surface area contributed by atoms with Gasteiger partial charge in [0, 0.05) is 22.7 Å². The predicted molar refractivity (Wildman–Crippen MR) is 78.6 cm³/mol. The van der Waals surface area contributed by atoms with E-state index in [1.54, 1.807) is 0 Å². The molecule has 1 aromatic carbocycles. The van der Waals surface area contributed by atoms with Gasteiger partial charge in [0.15, 0.2) is 0 Å². The van der Waals surface area contributed by atoms with Crippen molar-refractivity contribution in [1.29, 1.82) is 0 Å². The molecule has 0 amide bonds. The van der Waals surface area contributed by atoms with E-state index in [-0.39, 0.29) is 22.7 Å². The zero-order valence-electron chi connectivity index (χ0n) is 11.1. The van der Waals surface area contributed by atoms with Crippen LogP contribution in [0.5, 0.6) is 0 Å². The van der Waals surface area contributed by atoms with E-state index in [1.807, 2.05) is 18.4 Å².